The third-order valence-electron chi connectivity index (χ3n) is 4.85. The fourth-order valence-electron chi connectivity index (χ4n) is 3.55. The van der Waals surface area contributed by atoms with E-state index < -0.39 is 0 Å². The van der Waals surface area contributed by atoms with Gasteiger partial charge in [0, 0.05) is 23.8 Å². The molecule has 2 aromatic carbocycles. The first-order valence-electron chi connectivity index (χ1n) is 9.10. The van der Waals surface area contributed by atoms with Gasteiger partial charge in [-0.2, -0.15) is 0 Å². The van der Waals surface area contributed by atoms with Gasteiger partial charge in [0.15, 0.2) is 0 Å². The summed E-state index contributed by atoms with van der Waals surface area (Å²) in [5.41, 5.74) is 3.16. The van der Waals surface area contributed by atoms with Crippen LogP contribution in [0.4, 0.5) is 0 Å². The molecule has 26 heavy (non-hydrogen) atoms. The van der Waals surface area contributed by atoms with Crippen LogP contribution in [0.2, 0.25) is 0 Å². The molecular weight excluding hydrogens is 326 g/mol. The minimum absolute atomic E-state index is 0.0279. The van der Waals surface area contributed by atoms with Crippen LogP contribution >= 0.6 is 0 Å². The number of rotatable bonds is 7. The van der Waals surface area contributed by atoms with Crippen LogP contribution in [0.3, 0.4) is 0 Å². The Morgan fingerprint density at radius 3 is 2.69 bits per heavy atom. The van der Waals surface area contributed by atoms with Crippen LogP contribution in [0, 0.1) is 0 Å². The second-order valence-electron chi connectivity index (χ2n) is 6.59. The predicted octanol–water partition coefficient (Wildman–Crippen LogP) is 4.38. The molecule has 1 heterocycles. The second kappa shape index (κ2) is 7.26. The van der Waals surface area contributed by atoms with Gasteiger partial charge in [0.1, 0.15) is 11.4 Å². The number of unbranched alkanes of at least 4 members (excludes halogenated alkanes) is 3. The van der Waals surface area contributed by atoms with Gasteiger partial charge in [-0.25, -0.2) is 0 Å². The van der Waals surface area contributed by atoms with E-state index in [-0.39, 0.29) is 12.4 Å². The van der Waals surface area contributed by atoms with Gasteiger partial charge in [-0.05, 0) is 60.0 Å². The van der Waals surface area contributed by atoms with Crippen LogP contribution in [-0.2, 0) is 0 Å². The summed E-state index contributed by atoms with van der Waals surface area (Å²) in [5.74, 6) is 0.753. The number of aliphatic hydroxyl groups is 1. The summed E-state index contributed by atoms with van der Waals surface area (Å²) in [6, 6.07) is 13.7. The molecule has 4 rings (SSSR count). The fraction of sp³-hybridized carbons (Fsp3) is 0.273. The van der Waals surface area contributed by atoms with E-state index in [2.05, 4.69) is 4.98 Å². The number of hydrogen-bond acceptors (Lipinski definition) is 4. The minimum Gasteiger partial charge on any atom is -0.494 e. The lowest BCUT2D eigenvalue weighted by atomic mass is 9.85. The van der Waals surface area contributed by atoms with Crippen molar-refractivity contribution in [2.75, 3.05) is 13.2 Å². The van der Waals surface area contributed by atoms with Crippen LogP contribution in [0.25, 0.3) is 21.9 Å². The maximum Gasteiger partial charge on any atom is 0.212 e. The number of ether oxygens (including phenoxy) is 1. The quantitative estimate of drug-likeness (QED) is 0.504. The van der Waals surface area contributed by atoms with E-state index in [1.165, 1.54) is 0 Å². The largest absolute Gasteiger partial charge is 0.494 e. The highest BCUT2D eigenvalue weighted by Gasteiger charge is 2.26. The summed E-state index contributed by atoms with van der Waals surface area (Å²) in [6.45, 7) is 0.891. The highest BCUT2D eigenvalue weighted by molar-refractivity contribution is 6.24. The molecule has 0 aliphatic heterocycles. The molecule has 0 fully saturated rings. The number of pyridine rings is 1. The molecule has 1 aromatic heterocycles. The molecule has 1 aliphatic carbocycles. The van der Waals surface area contributed by atoms with Crippen molar-refractivity contribution in [2.45, 2.75) is 25.7 Å². The summed E-state index contributed by atoms with van der Waals surface area (Å²) in [7, 11) is 0. The Labute approximate surface area is 152 Å². The van der Waals surface area contributed by atoms with Crippen molar-refractivity contribution in [3.05, 3.63) is 59.9 Å². The number of ketones is 1. The standard InChI is InChI=1S/C22H21NO3/c24-12-3-1-2-4-13-26-16-8-9-18-19(14-16)17-7-5-6-15-10-11-23-21(20(15)17)22(18)25/h5-11,14,24H,1-4,12-13H2. The lowest BCUT2D eigenvalue weighted by Crippen LogP contribution is -2.12. The van der Waals surface area contributed by atoms with Crippen molar-refractivity contribution in [3.63, 3.8) is 0 Å². The number of benzene rings is 2. The van der Waals surface area contributed by atoms with E-state index in [0.29, 0.717) is 17.9 Å². The van der Waals surface area contributed by atoms with Crippen LogP contribution in [0.5, 0.6) is 5.75 Å². The number of nitrogens with zero attached hydrogens (tertiary/aromatic N) is 1. The molecule has 0 radical (unpaired) electrons. The second-order valence-corrected chi connectivity index (χ2v) is 6.59. The minimum atomic E-state index is -0.0279. The number of aromatic nitrogens is 1. The lowest BCUT2D eigenvalue weighted by Gasteiger charge is -2.19. The van der Waals surface area contributed by atoms with Gasteiger partial charge in [-0.15, -0.1) is 0 Å². The molecule has 132 valence electrons. The van der Waals surface area contributed by atoms with Crippen molar-refractivity contribution in [2.24, 2.45) is 0 Å². The molecular formula is C22H21NO3. The molecule has 4 heteroatoms. The third kappa shape index (κ3) is 2.97. The van der Waals surface area contributed by atoms with Gasteiger partial charge < -0.3 is 9.84 Å². The first-order valence-corrected chi connectivity index (χ1v) is 9.10. The van der Waals surface area contributed by atoms with Gasteiger partial charge in [0.2, 0.25) is 5.78 Å². The van der Waals surface area contributed by atoms with Crippen LogP contribution < -0.4 is 4.74 Å². The summed E-state index contributed by atoms with van der Waals surface area (Å²) < 4.78 is 5.88. The smallest absolute Gasteiger partial charge is 0.212 e. The Balaban J connectivity index is 1.62. The number of carbonyl (C=O) groups excluding carboxylic acids is 1. The number of fused-ring (bicyclic) bond motifs is 2. The first-order chi connectivity index (χ1) is 12.8. The van der Waals surface area contributed by atoms with E-state index in [4.69, 9.17) is 9.84 Å². The normalized spacial score (nSPS) is 12.3. The van der Waals surface area contributed by atoms with Gasteiger partial charge in [0.05, 0.1) is 6.61 Å². The topological polar surface area (TPSA) is 59.4 Å². The Morgan fingerprint density at radius 1 is 0.923 bits per heavy atom. The zero-order valence-electron chi connectivity index (χ0n) is 14.6. The predicted molar refractivity (Wildman–Crippen MR) is 102 cm³/mol. The monoisotopic (exact) mass is 347 g/mol. The maximum absolute atomic E-state index is 12.8. The van der Waals surface area contributed by atoms with E-state index >= 15 is 0 Å². The third-order valence-corrected chi connectivity index (χ3v) is 4.85. The Bertz CT molecular complexity index is 960. The van der Waals surface area contributed by atoms with Crippen molar-refractivity contribution in [1.29, 1.82) is 0 Å². The average molecular weight is 347 g/mol. The van der Waals surface area contributed by atoms with E-state index in [9.17, 15) is 4.79 Å². The molecule has 1 aliphatic rings. The molecule has 0 unspecified atom stereocenters. The summed E-state index contributed by atoms with van der Waals surface area (Å²) in [6.07, 6.45) is 5.56. The lowest BCUT2D eigenvalue weighted by molar-refractivity contribution is 0.103. The van der Waals surface area contributed by atoms with Gasteiger partial charge in [0.25, 0.3) is 0 Å². The van der Waals surface area contributed by atoms with Crippen LogP contribution in [-0.4, -0.2) is 29.1 Å². The molecule has 0 atom stereocenters. The molecule has 1 N–H and O–H groups in total. The molecule has 0 saturated heterocycles. The molecule has 0 amide bonds. The summed E-state index contributed by atoms with van der Waals surface area (Å²) in [4.78, 5) is 17.2. The molecule has 0 saturated carbocycles. The summed E-state index contributed by atoms with van der Waals surface area (Å²) >= 11 is 0. The van der Waals surface area contributed by atoms with Crippen LogP contribution in [0.1, 0.15) is 41.7 Å². The average Bonchev–Trinajstić information content (AvgIpc) is 2.68. The van der Waals surface area contributed by atoms with Gasteiger partial charge in [-0.3, -0.25) is 9.78 Å². The van der Waals surface area contributed by atoms with Crippen molar-refractivity contribution in [3.8, 4) is 16.9 Å². The zero-order chi connectivity index (χ0) is 17.9. The first kappa shape index (κ1) is 16.7. The number of carbonyl (C=O) groups is 1. The Hall–Kier alpha value is -2.72. The van der Waals surface area contributed by atoms with Crippen molar-refractivity contribution < 1.29 is 14.6 Å². The highest BCUT2D eigenvalue weighted by Crippen LogP contribution is 2.39. The molecule has 0 spiro atoms. The van der Waals surface area contributed by atoms with Crippen molar-refractivity contribution in [1.82, 2.24) is 4.98 Å². The van der Waals surface area contributed by atoms with Gasteiger partial charge >= 0.3 is 0 Å². The molecule has 0 bridgehead atoms. The maximum atomic E-state index is 12.8. The highest BCUT2D eigenvalue weighted by atomic mass is 16.5. The van der Waals surface area contributed by atoms with E-state index in [0.717, 1.165) is 53.3 Å². The Kier molecular flexibility index (Phi) is 4.67. The van der Waals surface area contributed by atoms with E-state index in [1.54, 1.807) is 6.20 Å². The SMILES string of the molecule is O=C1c2ccc(OCCCCCCO)cc2-c2cccc3ccnc1c23. The zero-order valence-corrected chi connectivity index (χ0v) is 14.6. The Morgan fingerprint density at radius 2 is 1.81 bits per heavy atom. The molecule has 4 nitrogen and oxygen atoms in total. The summed E-state index contributed by atoms with van der Waals surface area (Å²) in [5, 5.41) is 10.8. The van der Waals surface area contributed by atoms with Crippen LogP contribution in [0.15, 0.2) is 48.7 Å². The molecule has 3 aromatic rings. The number of hydrogen-bond donors (Lipinski definition) is 1. The van der Waals surface area contributed by atoms with Gasteiger partial charge in [-0.1, -0.05) is 24.6 Å². The number of aliphatic hydroxyl groups excluding tert-OH is 1. The van der Waals surface area contributed by atoms with Crippen molar-refractivity contribution >= 4 is 16.6 Å². The fourth-order valence-corrected chi connectivity index (χ4v) is 3.55. The van der Waals surface area contributed by atoms with E-state index in [1.807, 2.05) is 42.5 Å².